The number of nitrogens with one attached hydrogen (secondary N) is 1. The smallest absolute Gasteiger partial charge is 0.252 e. The lowest BCUT2D eigenvalue weighted by Crippen LogP contribution is -2.56. The van der Waals surface area contributed by atoms with Crippen LogP contribution in [0, 0.1) is 0 Å². The van der Waals surface area contributed by atoms with E-state index in [4.69, 9.17) is 9.47 Å². The molecule has 1 N–H and O–H groups in total. The van der Waals surface area contributed by atoms with Gasteiger partial charge < -0.3 is 19.3 Å². The molecule has 10 nitrogen and oxygen atoms in total. The first kappa shape index (κ1) is 19.3. The number of likely N-dealkylation sites (N-methyl/N-ethyl adjacent to an activating group) is 1. The molecule has 2 aromatic rings. The van der Waals surface area contributed by atoms with Gasteiger partial charge in [0.15, 0.2) is 5.82 Å². The summed E-state index contributed by atoms with van der Waals surface area (Å²) in [5, 5.41) is 11.7. The van der Waals surface area contributed by atoms with Gasteiger partial charge >= 0.3 is 0 Å². The van der Waals surface area contributed by atoms with Crippen LogP contribution in [0.5, 0.6) is 0 Å². The van der Waals surface area contributed by atoms with Crippen molar-refractivity contribution in [3.8, 4) is 5.82 Å². The van der Waals surface area contributed by atoms with Crippen LogP contribution in [0.3, 0.4) is 0 Å². The van der Waals surface area contributed by atoms with E-state index in [1.165, 1.54) is 0 Å². The molecule has 2 saturated heterocycles. The topological polar surface area (TPSA) is 91.7 Å². The summed E-state index contributed by atoms with van der Waals surface area (Å²) in [6.07, 6.45) is 6.51. The van der Waals surface area contributed by atoms with Gasteiger partial charge in [0.25, 0.3) is 5.91 Å². The van der Waals surface area contributed by atoms with E-state index in [-0.39, 0.29) is 24.7 Å². The average Bonchev–Trinajstić information content (AvgIpc) is 3.38. The van der Waals surface area contributed by atoms with Crippen LogP contribution in [-0.4, -0.2) is 94.5 Å². The zero-order chi connectivity index (χ0) is 20.7. The molecule has 0 bridgehead atoms. The first-order valence-corrected chi connectivity index (χ1v) is 10.4. The number of ether oxygens (including phenoxy) is 2. The summed E-state index contributed by atoms with van der Waals surface area (Å²) < 4.78 is 13.0. The standard InChI is InChI=1S/C20H27N7O3/c1-14-12-30-9-7-25(14)18-10-16(26-6-3-8-29-13-19(26)28)15-11-22-27(20(15)24(18)2)17-4-5-21-23-17/h4-5,10-11,14,18H,3,6-9,12-13H2,1-2H3,(H,21,23)/t14-,18?/m1/s1. The SMILES string of the molecule is C[C@@H]1COCCN1C1C=C(N2CCCOCC2=O)c2cnn(-c3ccn[nH]3)c2N1C. The summed E-state index contributed by atoms with van der Waals surface area (Å²) >= 11 is 0. The molecule has 1 amide bonds. The number of carbonyl (C=O) groups excluding carboxylic acids is 1. The highest BCUT2D eigenvalue weighted by atomic mass is 16.5. The summed E-state index contributed by atoms with van der Waals surface area (Å²) in [5.41, 5.74) is 1.83. The Labute approximate surface area is 175 Å². The van der Waals surface area contributed by atoms with E-state index in [0.717, 1.165) is 35.9 Å². The number of hydrogen-bond acceptors (Lipinski definition) is 7. The van der Waals surface area contributed by atoms with Crippen molar-refractivity contribution in [2.75, 3.05) is 51.5 Å². The van der Waals surface area contributed by atoms with Crippen LogP contribution in [0.2, 0.25) is 0 Å². The molecule has 5 rings (SSSR count). The molecule has 3 aliphatic heterocycles. The van der Waals surface area contributed by atoms with Gasteiger partial charge in [0, 0.05) is 38.9 Å². The molecule has 0 aliphatic carbocycles. The Morgan fingerprint density at radius 3 is 2.93 bits per heavy atom. The predicted octanol–water partition coefficient (Wildman–Crippen LogP) is 0.682. The van der Waals surface area contributed by atoms with Crippen LogP contribution in [0.1, 0.15) is 18.9 Å². The fraction of sp³-hybridized carbons (Fsp3) is 0.550. The summed E-state index contributed by atoms with van der Waals surface area (Å²) in [6.45, 7) is 5.72. The lowest BCUT2D eigenvalue weighted by molar-refractivity contribution is -0.130. The van der Waals surface area contributed by atoms with Gasteiger partial charge in [0.2, 0.25) is 0 Å². The van der Waals surface area contributed by atoms with Crippen LogP contribution in [-0.2, 0) is 14.3 Å². The molecule has 3 aliphatic rings. The van der Waals surface area contributed by atoms with E-state index in [0.29, 0.717) is 26.4 Å². The number of amides is 1. The van der Waals surface area contributed by atoms with Crippen molar-refractivity contribution in [3.63, 3.8) is 0 Å². The van der Waals surface area contributed by atoms with Gasteiger partial charge in [-0.15, -0.1) is 0 Å². The van der Waals surface area contributed by atoms with Gasteiger partial charge in [-0.2, -0.15) is 14.9 Å². The van der Waals surface area contributed by atoms with E-state index < -0.39 is 0 Å². The van der Waals surface area contributed by atoms with Crippen LogP contribution >= 0.6 is 0 Å². The second-order valence-corrected chi connectivity index (χ2v) is 7.93. The quantitative estimate of drug-likeness (QED) is 0.791. The molecule has 1 unspecified atom stereocenters. The summed E-state index contributed by atoms with van der Waals surface area (Å²) in [6, 6.07) is 2.15. The lowest BCUT2D eigenvalue weighted by Gasteiger charge is -2.45. The number of H-pyrrole nitrogens is 1. The van der Waals surface area contributed by atoms with Gasteiger partial charge in [0.05, 0.1) is 36.9 Å². The number of hydrogen-bond donors (Lipinski definition) is 1. The molecule has 0 radical (unpaired) electrons. The molecule has 10 heteroatoms. The molecular formula is C20H27N7O3. The Morgan fingerprint density at radius 1 is 1.23 bits per heavy atom. The largest absolute Gasteiger partial charge is 0.379 e. The highest BCUT2D eigenvalue weighted by molar-refractivity contribution is 5.91. The van der Waals surface area contributed by atoms with Crippen molar-refractivity contribution in [3.05, 3.63) is 30.1 Å². The first-order chi connectivity index (χ1) is 14.6. The van der Waals surface area contributed by atoms with Gasteiger partial charge in [-0.1, -0.05) is 0 Å². The lowest BCUT2D eigenvalue weighted by atomic mass is 10.1. The van der Waals surface area contributed by atoms with E-state index in [1.807, 2.05) is 21.8 Å². The third-order valence-electron chi connectivity index (χ3n) is 6.02. The minimum atomic E-state index is -0.0262. The second-order valence-electron chi connectivity index (χ2n) is 7.93. The average molecular weight is 413 g/mol. The molecule has 0 saturated carbocycles. The van der Waals surface area contributed by atoms with E-state index in [2.05, 4.69) is 45.1 Å². The van der Waals surface area contributed by atoms with Crippen LogP contribution in [0.25, 0.3) is 11.5 Å². The fourth-order valence-corrected chi connectivity index (χ4v) is 4.50. The number of morpholine rings is 1. The molecule has 30 heavy (non-hydrogen) atoms. The van der Waals surface area contributed by atoms with Crippen molar-refractivity contribution < 1.29 is 14.3 Å². The fourth-order valence-electron chi connectivity index (χ4n) is 4.50. The first-order valence-electron chi connectivity index (χ1n) is 10.4. The number of aromatic nitrogens is 4. The van der Waals surface area contributed by atoms with Gasteiger partial charge in [-0.25, -0.2) is 0 Å². The maximum atomic E-state index is 12.9. The Bertz CT molecular complexity index is 938. The number of rotatable bonds is 3. The zero-order valence-corrected chi connectivity index (χ0v) is 17.3. The van der Waals surface area contributed by atoms with Crippen molar-refractivity contribution in [2.45, 2.75) is 25.6 Å². The molecule has 2 atom stereocenters. The number of aromatic amines is 1. The van der Waals surface area contributed by atoms with Crippen molar-refractivity contribution in [1.29, 1.82) is 0 Å². The zero-order valence-electron chi connectivity index (χ0n) is 17.3. The normalized spacial score (nSPS) is 25.8. The van der Waals surface area contributed by atoms with E-state index in [1.54, 1.807) is 6.20 Å². The third-order valence-corrected chi connectivity index (χ3v) is 6.02. The highest BCUT2D eigenvalue weighted by Gasteiger charge is 2.38. The predicted molar refractivity (Wildman–Crippen MR) is 110 cm³/mol. The molecule has 2 aromatic heterocycles. The third kappa shape index (κ3) is 3.21. The maximum absolute atomic E-state index is 12.9. The Hall–Kier alpha value is -2.69. The number of fused-ring (bicyclic) bond motifs is 1. The van der Waals surface area contributed by atoms with Crippen molar-refractivity contribution in [2.24, 2.45) is 0 Å². The van der Waals surface area contributed by atoms with E-state index >= 15 is 0 Å². The van der Waals surface area contributed by atoms with Gasteiger partial charge in [0.1, 0.15) is 18.6 Å². The molecule has 5 heterocycles. The Balaban J connectivity index is 1.62. The van der Waals surface area contributed by atoms with Gasteiger partial charge in [-0.05, 0) is 19.4 Å². The Morgan fingerprint density at radius 2 is 2.13 bits per heavy atom. The molecule has 0 aromatic carbocycles. The van der Waals surface area contributed by atoms with Crippen LogP contribution in [0.15, 0.2) is 24.5 Å². The number of anilines is 1. The maximum Gasteiger partial charge on any atom is 0.252 e. The minimum Gasteiger partial charge on any atom is -0.379 e. The van der Waals surface area contributed by atoms with Crippen LogP contribution in [0.4, 0.5) is 5.82 Å². The van der Waals surface area contributed by atoms with Gasteiger partial charge in [-0.3, -0.25) is 14.8 Å². The summed E-state index contributed by atoms with van der Waals surface area (Å²) in [7, 11) is 2.07. The minimum absolute atomic E-state index is 0.0164. The Kier molecular flexibility index (Phi) is 5.05. The van der Waals surface area contributed by atoms with Crippen LogP contribution < -0.4 is 4.90 Å². The van der Waals surface area contributed by atoms with E-state index in [9.17, 15) is 4.79 Å². The number of nitrogens with zero attached hydrogens (tertiary/aromatic N) is 6. The highest BCUT2D eigenvalue weighted by Crippen LogP contribution is 2.38. The molecule has 0 spiro atoms. The molecule has 160 valence electrons. The van der Waals surface area contributed by atoms with Crippen molar-refractivity contribution >= 4 is 17.4 Å². The van der Waals surface area contributed by atoms with Crippen molar-refractivity contribution in [1.82, 2.24) is 29.8 Å². The summed E-state index contributed by atoms with van der Waals surface area (Å²) in [4.78, 5) is 19.3. The monoisotopic (exact) mass is 413 g/mol. The molecular weight excluding hydrogens is 386 g/mol. The number of carbonyl (C=O) groups is 1. The molecule has 2 fully saturated rings. The second kappa shape index (κ2) is 7.86. The summed E-state index contributed by atoms with van der Waals surface area (Å²) in [5.74, 6) is 1.69.